The Morgan fingerprint density at radius 1 is 1.15 bits per heavy atom. The predicted molar refractivity (Wildman–Crippen MR) is 76.4 cm³/mol. The van der Waals surface area contributed by atoms with Crippen molar-refractivity contribution < 1.29 is 13.9 Å². The number of urea groups is 1. The SMILES string of the molecule is COc1ccc(NC(=O)Nc2ccccc2F)c(N)c1. The topological polar surface area (TPSA) is 76.4 Å². The number of nitrogens with one attached hydrogen (secondary N) is 2. The van der Waals surface area contributed by atoms with Crippen molar-refractivity contribution in [2.24, 2.45) is 0 Å². The van der Waals surface area contributed by atoms with Crippen molar-refractivity contribution in [3.05, 3.63) is 48.3 Å². The van der Waals surface area contributed by atoms with Gasteiger partial charge in [0.05, 0.1) is 24.2 Å². The van der Waals surface area contributed by atoms with Gasteiger partial charge in [0.1, 0.15) is 11.6 Å². The highest BCUT2D eigenvalue weighted by Gasteiger charge is 2.08. The number of rotatable bonds is 3. The normalized spacial score (nSPS) is 9.90. The van der Waals surface area contributed by atoms with Crippen LogP contribution in [0.2, 0.25) is 0 Å². The van der Waals surface area contributed by atoms with E-state index in [1.54, 1.807) is 30.3 Å². The molecule has 0 bridgehead atoms. The van der Waals surface area contributed by atoms with Gasteiger partial charge in [-0.1, -0.05) is 12.1 Å². The summed E-state index contributed by atoms with van der Waals surface area (Å²) in [5.74, 6) is 0.0768. The lowest BCUT2D eigenvalue weighted by Gasteiger charge is -2.11. The molecule has 0 aliphatic rings. The molecule has 0 fully saturated rings. The van der Waals surface area contributed by atoms with Crippen LogP contribution in [0.5, 0.6) is 5.75 Å². The number of halogens is 1. The standard InChI is InChI=1S/C14H14FN3O2/c1-20-9-6-7-13(11(16)8-9)18-14(19)17-12-5-3-2-4-10(12)15/h2-8H,16H2,1H3,(H2,17,18,19). The minimum atomic E-state index is -0.577. The summed E-state index contributed by atoms with van der Waals surface area (Å²) < 4.78 is 18.4. The number of nitrogens with two attached hydrogens (primary N) is 1. The van der Waals surface area contributed by atoms with Gasteiger partial charge in [0.15, 0.2) is 0 Å². The predicted octanol–water partition coefficient (Wildman–Crippen LogP) is 3.06. The van der Waals surface area contributed by atoms with E-state index in [1.165, 1.54) is 19.2 Å². The molecule has 2 rings (SSSR count). The second kappa shape index (κ2) is 5.92. The van der Waals surface area contributed by atoms with Crippen molar-refractivity contribution in [3.8, 4) is 5.75 Å². The van der Waals surface area contributed by atoms with Gasteiger partial charge in [-0.05, 0) is 24.3 Å². The Morgan fingerprint density at radius 2 is 1.85 bits per heavy atom. The number of methoxy groups -OCH3 is 1. The lowest BCUT2D eigenvalue weighted by molar-refractivity contribution is 0.262. The molecule has 0 radical (unpaired) electrons. The molecule has 6 heteroatoms. The molecule has 0 saturated carbocycles. The van der Waals surface area contributed by atoms with Crippen LogP contribution in [0.3, 0.4) is 0 Å². The molecule has 5 nitrogen and oxygen atoms in total. The molecule has 0 unspecified atom stereocenters. The van der Waals surface area contributed by atoms with Gasteiger partial charge in [-0.3, -0.25) is 0 Å². The number of ether oxygens (including phenoxy) is 1. The number of para-hydroxylation sites is 1. The van der Waals surface area contributed by atoms with Crippen molar-refractivity contribution in [1.82, 2.24) is 0 Å². The molecule has 2 aromatic rings. The third-order valence-corrected chi connectivity index (χ3v) is 2.63. The zero-order valence-electron chi connectivity index (χ0n) is 10.8. The average molecular weight is 275 g/mol. The molecular weight excluding hydrogens is 261 g/mol. The van der Waals surface area contributed by atoms with Gasteiger partial charge < -0.3 is 21.1 Å². The van der Waals surface area contributed by atoms with Crippen LogP contribution in [0.4, 0.5) is 26.2 Å². The maximum Gasteiger partial charge on any atom is 0.323 e. The third-order valence-electron chi connectivity index (χ3n) is 2.63. The molecule has 2 aromatic carbocycles. The molecule has 104 valence electrons. The number of amides is 2. The Morgan fingerprint density at radius 3 is 2.50 bits per heavy atom. The van der Waals surface area contributed by atoms with Crippen LogP contribution in [0.15, 0.2) is 42.5 Å². The third kappa shape index (κ3) is 3.17. The van der Waals surface area contributed by atoms with Gasteiger partial charge in [-0.2, -0.15) is 0 Å². The molecule has 0 aromatic heterocycles. The van der Waals surface area contributed by atoms with Crippen LogP contribution in [-0.4, -0.2) is 13.1 Å². The number of carbonyl (C=O) groups is 1. The van der Waals surface area contributed by atoms with E-state index < -0.39 is 11.8 Å². The molecule has 0 atom stereocenters. The van der Waals surface area contributed by atoms with Crippen molar-refractivity contribution in [2.45, 2.75) is 0 Å². The Hall–Kier alpha value is -2.76. The second-order valence-corrected chi connectivity index (χ2v) is 4.01. The number of nitrogen functional groups attached to an aromatic ring is 1. The summed E-state index contributed by atoms with van der Waals surface area (Å²) in [5.41, 5.74) is 6.64. The number of benzene rings is 2. The highest BCUT2D eigenvalue weighted by atomic mass is 19.1. The van der Waals surface area contributed by atoms with E-state index in [0.29, 0.717) is 17.1 Å². The fraction of sp³-hybridized carbons (Fsp3) is 0.0714. The van der Waals surface area contributed by atoms with Crippen LogP contribution >= 0.6 is 0 Å². The molecule has 0 spiro atoms. The first-order chi connectivity index (χ1) is 9.60. The van der Waals surface area contributed by atoms with E-state index in [-0.39, 0.29) is 5.69 Å². The van der Waals surface area contributed by atoms with E-state index >= 15 is 0 Å². The van der Waals surface area contributed by atoms with E-state index in [1.807, 2.05) is 0 Å². The molecule has 4 N–H and O–H groups in total. The quantitative estimate of drug-likeness (QED) is 0.753. The van der Waals surface area contributed by atoms with Crippen LogP contribution in [0, 0.1) is 5.82 Å². The van der Waals surface area contributed by atoms with Gasteiger partial charge in [0, 0.05) is 6.07 Å². The maximum absolute atomic E-state index is 13.4. The summed E-state index contributed by atoms with van der Waals surface area (Å²) in [5, 5.41) is 4.94. The van der Waals surface area contributed by atoms with Crippen LogP contribution in [-0.2, 0) is 0 Å². The van der Waals surface area contributed by atoms with Crippen LogP contribution in [0.25, 0.3) is 0 Å². The molecule has 0 aliphatic heterocycles. The van der Waals surface area contributed by atoms with Gasteiger partial charge in [0.2, 0.25) is 0 Å². The summed E-state index contributed by atoms with van der Waals surface area (Å²) >= 11 is 0. The zero-order chi connectivity index (χ0) is 14.5. The van der Waals surface area contributed by atoms with Crippen molar-refractivity contribution in [1.29, 1.82) is 0 Å². The largest absolute Gasteiger partial charge is 0.497 e. The Labute approximate surface area is 115 Å². The highest BCUT2D eigenvalue weighted by Crippen LogP contribution is 2.24. The zero-order valence-corrected chi connectivity index (χ0v) is 10.8. The fourth-order valence-corrected chi connectivity index (χ4v) is 1.62. The lowest BCUT2D eigenvalue weighted by atomic mass is 10.2. The Kier molecular flexibility index (Phi) is 4.05. The summed E-state index contributed by atoms with van der Waals surface area (Å²) in [6.07, 6.45) is 0. The van der Waals surface area contributed by atoms with Crippen LogP contribution < -0.4 is 21.1 Å². The summed E-state index contributed by atoms with van der Waals surface area (Å²) in [4.78, 5) is 11.8. The first-order valence-electron chi connectivity index (χ1n) is 5.86. The van der Waals surface area contributed by atoms with Crippen molar-refractivity contribution in [3.63, 3.8) is 0 Å². The lowest BCUT2D eigenvalue weighted by Crippen LogP contribution is -2.20. The smallest absolute Gasteiger partial charge is 0.323 e. The molecule has 0 saturated heterocycles. The van der Waals surface area contributed by atoms with Crippen molar-refractivity contribution >= 4 is 23.1 Å². The number of anilines is 3. The Balaban J connectivity index is 2.07. The first kappa shape index (κ1) is 13.7. The maximum atomic E-state index is 13.4. The Bertz CT molecular complexity index is 632. The van der Waals surface area contributed by atoms with E-state index in [4.69, 9.17) is 10.5 Å². The first-order valence-corrected chi connectivity index (χ1v) is 5.86. The number of carbonyl (C=O) groups excluding carboxylic acids is 1. The molecular formula is C14H14FN3O2. The minimum Gasteiger partial charge on any atom is -0.497 e. The summed E-state index contributed by atoms with van der Waals surface area (Å²) in [6.45, 7) is 0. The van der Waals surface area contributed by atoms with Gasteiger partial charge in [-0.25, -0.2) is 9.18 Å². The number of hydrogen-bond acceptors (Lipinski definition) is 3. The van der Waals surface area contributed by atoms with Crippen molar-refractivity contribution in [2.75, 3.05) is 23.5 Å². The molecule has 2 amide bonds. The molecule has 0 aliphatic carbocycles. The molecule has 20 heavy (non-hydrogen) atoms. The second-order valence-electron chi connectivity index (χ2n) is 4.01. The van der Waals surface area contributed by atoms with Gasteiger partial charge in [0.25, 0.3) is 0 Å². The van der Waals surface area contributed by atoms with Crippen LogP contribution in [0.1, 0.15) is 0 Å². The molecule has 0 heterocycles. The number of hydrogen-bond donors (Lipinski definition) is 3. The monoisotopic (exact) mass is 275 g/mol. The fourth-order valence-electron chi connectivity index (χ4n) is 1.62. The van der Waals surface area contributed by atoms with E-state index in [2.05, 4.69) is 10.6 Å². The highest BCUT2D eigenvalue weighted by molar-refractivity contribution is 6.01. The summed E-state index contributed by atoms with van der Waals surface area (Å²) in [6, 6.07) is 10.2. The summed E-state index contributed by atoms with van der Waals surface area (Å²) in [7, 11) is 1.52. The van der Waals surface area contributed by atoms with Gasteiger partial charge >= 0.3 is 6.03 Å². The van der Waals surface area contributed by atoms with Gasteiger partial charge in [-0.15, -0.1) is 0 Å². The van der Waals surface area contributed by atoms with E-state index in [0.717, 1.165) is 0 Å². The van der Waals surface area contributed by atoms with E-state index in [9.17, 15) is 9.18 Å². The average Bonchev–Trinajstić information content (AvgIpc) is 2.43. The minimum absolute atomic E-state index is 0.0945.